The van der Waals surface area contributed by atoms with Crippen LogP contribution in [0.2, 0.25) is 19.6 Å². The molecule has 0 aliphatic heterocycles. The molecule has 2 aromatic carbocycles. The van der Waals surface area contributed by atoms with Gasteiger partial charge in [-0.15, -0.1) is 5.10 Å². The van der Waals surface area contributed by atoms with E-state index in [1.165, 1.54) is 0 Å². The van der Waals surface area contributed by atoms with E-state index >= 15 is 0 Å². The second kappa shape index (κ2) is 7.33. The second-order valence-electron chi connectivity index (χ2n) is 5.21. The van der Waals surface area contributed by atoms with Crippen LogP contribution in [0.1, 0.15) is 0 Å². The summed E-state index contributed by atoms with van der Waals surface area (Å²) in [6.45, 7) is 6.55. The summed E-state index contributed by atoms with van der Waals surface area (Å²) in [4.78, 5) is 0. The van der Waals surface area contributed by atoms with E-state index in [-0.39, 0.29) is 17.1 Å². The Hall–Kier alpha value is -1.49. The number of hydrogen-bond acceptors (Lipinski definition) is 3. The summed E-state index contributed by atoms with van der Waals surface area (Å²) in [5.41, 5.74) is 1.04. The summed E-state index contributed by atoms with van der Waals surface area (Å²) >= 11 is 0. The molecule has 0 aliphatic carbocycles. The summed E-state index contributed by atoms with van der Waals surface area (Å²) < 4.78 is 1.77. The summed E-state index contributed by atoms with van der Waals surface area (Å²) in [6.07, 6.45) is 0. The molecule has 1 aromatic heterocycles. The molecule has 3 rings (SSSR count). The van der Waals surface area contributed by atoms with Crippen LogP contribution >= 0.6 is 0 Å². The van der Waals surface area contributed by atoms with Gasteiger partial charge in [0.2, 0.25) is 8.24 Å². The molecule has 4 nitrogen and oxygen atoms in total. The topological polar surface area (TPSA) is 43.6 Å². The first-order chi connectivity index (χ1) is 9.07. The van der Waals surface area contributed by atoms with Gasteiger partial charge in [0.1, 0.15) is 5.82 Å². The maximum Gasteiger partial charge on any atom is 2.00 e. The first-order valence-electron chi connectivity index (χ1n) is 6.26. The smallest absolute Gasteiger partial charge is 0.214 e. The minimum Gasteiger partial charge on any atom is -0.214 e. The van der Waals surface area contributed by atoms with Crippen LogP contribution in [0, 0.1) is 0 Å². The molecular weight excluding hydrogens is 308 g/mol. The molecular formula is C14H18FeN4Si. The average molecular weight is 326 g/mol. The monoisotopic (exact) mass is 326 g/mol. The number of nitrogens with zero attached hydrogens (tertiary/aromatic N) is 4. The Morgan fingerprint density at radius 2 is 1.65 bits per heavy atom. The largest absolute Gasteiger partial charge is 2.00 e. The van der Waals surface area contributed by atoms with Crippen molar-refractivity contribution in [2.75, 3.05) is 0 Å². The van der Waals surface area contributed by atoms with Gasteiger partial charge in [-0.25, -0.2) is 28.7 Å². The van der Waals surface area contributed by atoms with Gasteiger partial charge in [0, 0.05) is 0 Å². The third-order valence-electron chi connectivity index (χ3n) is 2.49. The zero-order valence-corrected chi connectivity index (χ0v) is 13.9. The van der Waals surface area contributed by atoms with Crippen molar-refractivity contribution < 1.29 is 17.1 Å². The molecule has 0 radical (unpaired) electrons. The number of aromatic nitrogens is 4. The van der Waals surface area contributed by atoms with Crippen LogP contribution in [0.5, 0.6) is 0 Å². The third kappa shape index (κ3) is 4.56. The predicted octanol–water partition coefficient (Wildman–Crippen LogP) is 3.15. The molecule has 0 amide bonds. The zero-order valence-electron chi connectivity index (χ0n) is 11.8. The zero-order chi connectivity index (χ0) is 13.7. The van der Waals surface area contributed by atoms with Crippen LogP contribution in [0.3, 0.4) is 0 Å². The van der Waals surface area contributed by atoms with Crippen LogP contribution in [-0.2, 0) is 17.1 Å². The molecule has 0 spiro atoms. The molecule has 20 heavy (non-hydrogen) atoms. The van der Waals surface area contributed by atoms with Gasteiger partial charge in [0.15, 0.2) is 0 Å². The van der Waals surface area contributed by atoms with Crippen molar-refractivity contribution in [3.8, 4) is 11.4 Å². The van der Waals surface area contributed by atoms with Crippen LogP contribution < -0.4 is 0 Å². The molecule has 1 heterocycles. The van der Waals surface area contributed by atoms with Crippen LogP contribution in [0.4, 0.5) is 0 Å². The van der Waals surface area contributed by atoms with Gasteiger partial charge in [-0.3, -0.25) is 0 Å². The predicted molar refractivity (Wildman–Crippen MR) is 79.6 cm³/mol. The Morgan fingerprint density at radius 3 is 2.05 bits per heavy atom. The minimum atomic E-state index is -1.49. The maximum absolute atomic E-state index is 4.38. The molecule has 106 valence electrons. The molecule has 0 N–H and O–H groups in total. The standard InChI is InChI=1S/C9H13N4Si.C5H5.Fe/c1-14(2,3)13-11-9(10-12-13)8-6-4-5-7-8;1-2-4-5-3-1;/h4-7H,1-3H3;1-5H;/q2*-1;+2. The van der Waals surface area contributed by atoms with E-state index in [1.807, 2.05) is 54.6 Å². The Bertz CT molecular complexity index is 562. The minimum absolute atomic E-state index is 0. The molecule has 0 atom stereocenters. The van der Waals surface area contributed by atoms with Crippen molar-refractivity contribution in [3.05, 3.63) is 54.6 Å². The molecule has 0 saturated heterocycles. The van der Waals surface area contributed by atoms with E-state index in [1.54, 1.807) is 4.46 Å². The van der Waals surface area contributed by atoms with E-state index in [4.69, 9.17) is 0 Å². The molecule has 0 bridgehead atoms. The van der Waals surface area contributed by atoms with Gasteiger partial charge >= 0.3 is 17.1 Å². The third-order valence-corrected chi connectivity index (χ3v) is 3.88. The Balaban J connectivity index is 0.000000283. The molecule has 6 heteroatoms. The van der Waals surface area contributed by atoms with E-state index < -0.39 is 8.24 Å². The Morgan fingerprint density at radius 1 is 1.05 bits per heavy atom. The van der Waals surface area contributed by atoms with Gasteiger partial charge in [-0.05, 0) is 19.6 Å². The van der Waals surface area contributed by atoms with Crippen LogP contribution in [0.25, 0.3) is 11.4 Å². The summed E-state index contributed by atoms with van der Waals surface area (Å²) in [6, 6.07) is 17.9. The SMILES string of the molecule is C[Si](C)(C)n1nnc(-[c-]2cccc2)n1.[Fe+2].c1cc[cH-]c1. The van der Waals surface area contributed by atoms with Crippen LogP contribution in [0.15, 0.2) is 54.6 Å². The summed E-state index contributed by atoms with van der Waals surface area (Å²) in [7, 11) is -1.49. The summed E-state index contributed by atoms with van der Waals surface area (Å²) in [5.74, 6) is 0.720. The van der Waals surface area contributed by atoms with E-state index in [9.17, 15) is 0 Å². The van der Waals surface area contributed by atoms with Crippen LogP contribution in [-0.4, -0.2) is 28.1 Å². The van der Waals surface area contributed by atoms with Gasteiger partial charge < -0.3 is 0 Å². The Kier molecular flexibility index (Phi) is 6.07. The average Bonchev–Trinajstić information content (AvgIpc) is 3.13. The first-order valence-corrected chi connectivity index (χ1v) is 9.71. The Labute approximate surface area is 131 Å². The fraction of sp³-hybridized carbons (Fsp3) is 0.214. The molecule has 0 aliphatic rings. The van der Waals surface area contributed by atoms with Gasteiger partial charge in [0.05, 0.1) is 0 Å². The first kappa shape index (κ1) is 16.6. The van der Waals surface area contributed by atoms with E-state index in [0.717, 1.165) is 11.4 Å². The van der Waals surface area contributed by atoms with Gasteiger partial charge in [-0.1, -0.05) is 10.8 Å². The number of tetrazole rings is 1. The van der Waals surface area contributed by atoms with Crippen molar-refractivity contribution in [1.29, 1.82) is 0 Å². The second-order valence-corrected chi connectivity index (χ2v) is 9.95. The van der Waals surface area contributed by atoms with Crippen molar-refractivity contribution in [2.24, 2.45) is 0 Å². The number of rotatable bonds is 2. The van der Waals surface area contributed by atoms with E-state index in [2.05, 4.69) is 35.1 Å². The molecule has 0 unspecified atom stereocenters. The fourth-order valence-corrected chi connectivity index (χ4v) is 2.17. The quantitative estimate of drug-likeness (QED) is 0.537. The maximum atomic E-state index is 4.38. The normalized spacial score (nSPS) is 10.3. The summed E-state index contributed by atoms with van der Waals surface area (Å²) in [5, 5.41) is 12.5. The molecule has 0 saturated carbocycles. The van der Waals surface area contributed by atoms with Crippen molar-refractivity contribution in [1.82, 2.24) is 19.9 Å². The fourth-order valence-electron chi connectivity index (χ4n) is 1.46. The van der Waals surface area contributed by atoms with Crippen molar-refractivity contribution in [2.45, 2.75) is 19.6 Å². The van der Waals surface area contributed by atoms with Gasteiger partial charge in [0.25, 0.3) is 0 Å². The molecule has 3 aromatic rings. The number of hydrogen-bond donors (Lipinski definition) is 0. The molecule has 0 fully saturated rings. The van der Waals surface area contributed by atoms with E-state index in [0.29, 0.717) is 0 Å². The van der Waals surface area contributed by atoms with Crippen molar-refractivity contribution in [3.63, 3.8) is 0 Å². The van der Waals surface area contributed by atoms with Crippen molar-refractivity contribution >= 4 is 8.24 Å². The van der Waals surface area contributed by atoms with Gasteiger partial charge in [-0.2, -0.15) is 35.4 Å².